The third-order valence-electron chi connectivity index (χ3n) is 8.51. The molecule has 0 radical (unpaired) electrons. The van der Waals surface area contributed by atoms with E-state index >= 15 is 0 Å². The molecule has 0 saturated carbocycles. The fourth-order valence-electron chi connectivity index (χ4n) is 5.69. The number of amides is 7. The molecule has 54 heavy (non-hydrogen) atoms. The predicted octanol–water partition coefficient (Wildman–Crippen LogP) is 0.0863. The van der Waals surface area contributed by atoms with Crippen LogP contribution in [0.25, 0.3) is 10.9 Å². The molecular formula is C35H50N8O9S2. The van der Waals surface area contributed by atoms with Crippen LogP contribution in [-0.4, -0.2) is 105 Å². The van der Waals surface area contributed by atoms with E-state index in [0.29, 0.717) is 5.56 Å². The molecule has 1 aromatic carbocycles. The first kappa shape index (κ1) is 43.6. The Morgan fingerprint density at radius 3 is 2.07 bits per heavy atom. The van der Waals surface area contributed by atoms with E-state index in [0.717, 1.165) is 32.5 Å². The van der Waals surface area contributed by atoms with E-state index in [1.54, 1.807) is 26.1 Å². The average molecular weight is 791 g/mol. The van der Waals surface area contributed by atoms with Crippen LogP contribution in [0.1, 0.15) is 59.4 Å². The number of carboxylic acid groups (broad SMARTS) is 1. The van der Waals surface area contributed by atoms with E-state index in [4.69, 9.17) is 5.73 Å². The molecular weight excluding hydrogens is 741 g/mol. The van der Waals surface area contributed by atoms with E-state index in [1.165, 1.54) is 6.92 Å². The number of hydrogen-bond donors (Lipinski definition) is 9. The lowest BCUT2D eigenvalue weighted by Crippen LogP contribution is -2.61. The molecule has 2 aromatic rings. The standard InChI is InChI=1S/C35H50N8O9S2/c1-17(2)12-24-32(49)40-25(13-20-14-37-22-9-7-6-8-21(20)22)33(50)39-23(10-11-28(45)46)31(48)42-26(30(36)47)15-53-54-16-27(38-19(5)44)34(51)43-29(18(3)4)35(52)41-24/h6-9,14,17-18,23-27,29,37H,10-13,15-16H2,1-5H3,(H2,36,47)(H,38,44)(H,39,50)(H,40,49)(H,41,52)(H,42,48)(H,43,51)(H,45,46)/t23-,24+,25-,26+,27+,29?/m1/s1. The van der Waals surface area contributed by atoms with Crippen molar-refractivity contribution in [1.82, 2.24) is 36.9 Å². The van der Waals surface area contributed by atoms with Crippen molar-refractivity contribution in [3.63, 3.8) is 0 Å². The van der Waals surface area contributed by atoms with E-state index in [9.17, 15) is 43.5 Å². The number of hydrogen-bond acceptors (Lipinski definition) is 10. The van der Waals surface area contributed by atoms with Crippen LogP contribution in [0, 0.1) is 11.8 Å². The van der Waals surface area contributed by atoms with Crippen molar-refractivity contribution in [2.24, 2.45) is 17.6 Å². The lowest BCUT2D eigenvalue weighted by atomic mass is 9.98. The third kappa shape index (κ3) is 13.3. The number of nitrogens with two attached hydrogens (primary N) is 1. The molecule has 1 unspecified atom stereocenters. The summed E-state index contributed by atoms with van der Waals surface area (Å²) in [6.45, 7) is 8.33. The second-order valence-corrected chi connectivity index (χ2v) is 16.4. The molecule has 0 aliphatic carbocycles. The predicted molar refractivity (Wildman–Crippen MR) is 205 cm³/mol. The molecule has 6 atom stereocenters. The maximum absolute atomic E-state index is 14.1. The number of carbonyl (C=O) groups is 8. The van der Waals surface area contributed by atoms with Crippen molar-refractivity contribution < 1.29 is 43.5 Å². The zero-order valence-corrected chi connectivity index (χ0v) is 32.5. The second-order valence-electron chi connectivity index (χ2n) is 13.8. The first-order valence-electron chi connectivity index (χ1n) is 17.6. The van der Waals surface area contributed by atoms with Crippen LogP contribution in [0.2, 0.25) is 0 Å². The molecule has 1 fully saturated rings. The summed E-state index contributed by atoms with van der Waals surface area (Å²) in [5.41, 5.74) is 7.01. The summed E-state index contributed by atoms with van der Waals surface area (Å²) in [4.78, 5) is 108. The lowest BCUT2D eigenvalue weighted by molar-refractivity contribution is -0.138. The van der Waals surface area contributed by atoms with E-state index in [-0.39, 0.29) is 36.7 Å². The summed E-state index contributed by atoms with van der Waals surface area (Å²) in [6.07, 6.45) is 0.892. The van der Waals surface area contributed by atoms with Gasteiger partial charge in [-0.3, -0.25) is 38.4 Å². The largest absolute Gasteiger partial charge is 0.481 e. The van der Waals surface area contributed by atoms with Gasteiger partial charge in [0.2, 0.25) is 41.4 Å². The number of primary amides is 1. The Kier molecular flexibility index (Phi) is 16.7. The maximum Gasteiger partial charge on any atom is 0.303 e. The Balaban J connectivity index is 2.08. The van der Waals surface area contributed by atoms with E-state index < -0.39 is 95.9 Å². The second kappa shape index (κ2) is 20.6. The molecule has 10 N–H and O–H groups in total. The molecule has 2 heterocycles. The fraction of sp³-hybridized carbons (Fsp3) is 0.543. The van der Waals surface area contributed by atoms with Crippen LogP contribution in [-0.2, 0) is 44.8 Å². The molecule has 0 bridgehead atoms. The highest BCUT2D eigenvalue weighted by atomic mass is 33.1. The Hall–Kier alpha value is -4.78. The minimum Gasteiger partial charge on any atom is -0.481 e. The van der Waals surface area contributed by atoms with Crippen molar-refractivity contribution in [1.29, 1.82) is 0 Å². The lowest BCUT2D eigenvalue weighted by Gasteiger charge is -2.29. The quantitative estimate of drug-likeness (QED) is 0.146. The van der Waals surface area contributed by atoms with Crippen molar-refractivity contribution in [3.05, 3.63) is 36.0 Å². The number of benzene rings is 1. The van der Waals surface area contributed by atoms with Gasteiger partial charge in [-0.1, -0.05) is 67.5 Å². The summed E-state index contributed by atoms with van der Waals surface area (Å²) < 4.78 is 0. The van der Waals surface area contributed by atoms with Gasteiger partial charge in [-0.25, -0.2) is 0 Å². The topological polar surface area (TPSA) is 271 Å². The van der Waals surface area contributed by atoms with Gasteiger partial charge in [-0.05, 0) is 36.3 Å². The van der Waals surface area contributed by atoms with Gasteiger partial charge < -0.3 is 47.7 Å². The number of carboxylic acids is 1. The van der Waals surface area contributed by atoms with Crippen molar-refractivity contribution in [2.75, 3.05) is 11.5 Å². The molecule has 17 nitrogen and oxygen atoms in total. The van der Waals surface area contributed by atoms with E-state index in [1.807, 2.05) is 32.0 Å². The first-order chi connectivity index (χ1) is 25.5. The smallest absolute Gasteiger partial charge is 0.303 e. The van der Waals surface area contributed by atoms with Gasteiger partial charge in [0.05, 0.1) is 0 Å². The van der Waals surface area contributed by atoms with Gasteiger partial charge >= 0.3 is 5.97 Å². The van der Waals surface area contributed by atoms with Crippen molar-refractivity contribution >= 4 is 79.8 Å². The van der Waals surface area contributed by atoms with Crippen LogP contribution >= 0.6 is 21.6 Å². The molecule has 1 aliphatic rings. The molecule has 3 rings (SSSR count). The SMILES string of the molecule is CC(=O)N[C@H]1CSSC[C@@H](C(N)=O)NC(=O)[C@@H](CCC(=O)O)NC(=O)[C@@H](Cc2c[nH]c3ccccc23)NC(=O)[C@H](CC(C)C)NC(=O)C(C(C)C)NC1=O. The molecule has 0 spiro atoms. The third-order valence-corrected chi connectivity index (χ3v) is 10.9. The summed E-state index contributed by atoms with van der Waals surface area (Å²) in [5.74, 6) is -7.06. The van der Waals surface area contributed by atoms with Crippen LogP contribution in [0.4, 0.5) is 0 Å². The van der Waals surface area contributed by atoms with Crippen molar-refractivity contribution in [3.8, 4) is 0 Å². The first-order valence-corrected chi connectivity index (χ1v) is 20.0. The van der Waals surface area contributed by atoms with Gasteiger partial charge in [0, 0.05) is 48.4 Å². The van der Waals surface area contributed by atoms with Gasteiger partial charge in [-0.2, -0.15) is 0 Å². The van der Waals surface area contributed by atoms with Crippen molar-refractivity contribution in [2.45, 2.75) is 96.6 Å². The highest BCUT2D eigenvalue weighted by molar-refractivity contribution is 8.76. The number of fused-ring (bicyclic) bond motifs is 1. The highest BCUT2D eigenvalue weighted by Crippen LogP contribution is 2.24. The molecule has 19 heteroatoms. The summed E-state index contributed by atoms with van der Waals surface area (Å²) in [6, 6.07) is -0.141. The van der Waals surface area contributed by atoms with Gasteiger partial charge in [0.1, 0.15) is 36.3 Å². The number of H-pyrrole nitrogens is 1. The Morgan fingerprint density at radius 1 is 0.833 bits per heavy atom. The maximum atomic E-state index is 14.1. The Labute approximate surface area is 321 Å². The zero-order valence-electron chi connectivity index (χ0n) is 30.9. The summed E-state index contributed by atoms with van der Waals surface area (Å²) >= 11 is 0. The number of aromatic amines is 1. The molecule has 1 saturated heterocycles. The minimum absolute atomic E-state index is 0.00453. The molecule has 7 amide bonds. The van der Waals surface area contributed by atoms with Crippen LogP contribution < -0.4 is 37.6 Å². The van der Waals surface area contributed by atoms with Gasteiger partial charge in [0.25, 0.3) is 0 Å². The summed E-state index contributed by atoms with van der Waals surface area (Å²) in [5, 5.41) is 26.0. The monoisotopic (exact) mass is 790 g/mol. The van der Waals surface area contributed by atoms with Crippen LogP contribution in [0.15, 0.2) is 30.5 Å². The number of nitrogens with one attached hydrogen (secondary N) is 7. The Bertz CT molecular complexity index is 1700. The zero-order chi connectivity index (χ0) is 40.1. The van der Waals surface area contributed by atoms with Crippen LogP contribution in [0.3, 0.4) is 0 Å². The van der Waals surface area contributed by atoms with Gasteiger partial charge in [-0.15, -0.1) is 0 Å². The van der Waals surface area contributed by atoms with Crippen LogP contribution in [0.5, 0.6) is 0 Å². The molecule has 296 valence electrons. The van der Waals surface area contributed by atoms with Gasteiger partial charge in [0.15, 0.2) is 0 Å². The molecule has 1 aromatic heterocycles. The minimum atomic E-state index is -1.45. The fourth-order valence-corrected chi connectivity index (χ4v) is 8.03. The number of aromatic nitrogens is 1. The number of rotatable bonds is 10. The number of para-hydroxylation sites is 1. The Morgan fingerprint density at radius 2 is 1.44 bits per heavy atom. The number of aliphatic carboxylic acids is 1. The number of carbonyl (C=O) groups excluding carboxylic acids is 7. The highest BCUT2D eigenvalue weighted by Gasteiger charge is 2.35. The van der Waals surface area contributed by atoms with E-state index in [2.05, 4.69) is 36.9 Å². The summed E-state index contributed by atoms with van der Waals surface area (Å²) in [7, 11) is 2.16. The average Bonchev–Trinajstić information content (AvgIpc) is 3.50. The molecule has 1 aliphatic heterocycles. The normalized spacial score (nSPS) is 24.2.